The molecule has 1 unspecified atom stereocenters. The quantitative estimate of drug-likeness (QED) is 0.266. The van der Waals surface area contributed by atoms with E-state index in [9.17, 15) is 19.1 Å². The molecule has 3 aromatic carbocycles. The molecule has 2 N–H and O–H groups in total. The second-order valence-electron chi connectivity index (χ2n) is 7.67. The third kappa shape index (κ3) is 3.34. The van der Waals surface area contributed by atoms with E-state index in [2.05, 4.69) is 4.98 Å². The summed E-state index contributed by atoms with van der Waals surface area (Å²) < 4.78 is 18.9. The summed E-state index contributed by atoms with van der Waals surface area (Å²) in [5.74, 6) is -1.86. The van der Waals surface area contributed by atoms with Crippen LogP contribution in [0.25, 0.3) is 16.7 Å². The summed E-state index contributed by atoms with van der Waals surface area (Å²) in [6.07, 6.45) is 1.61. The summed E-state index contributed by atoms with van der Waals surface area (Å²) in [6.45, 7) is 0. The van der Waals surface area contributed by atoms with E-state index in [1.807, 2.05) is 24.3 Å². The fourth-order valence-corrected chi connectivity index (χ4v) is 4.24. The number of halogens is 1. The lowest BCUT2D eigenvalue weighted by molar-refractivity contribution is -0.132. The summed E-state index contributed by atoms with van der Waals surface area (Å²) in [5.41, 5.74) is 2.05. The highest BCUT2D eigenvalue weighted by Crippen LogP contribution is 2.43. The van der Waals surface area contributed by atoms with Crippen LogP contribution in [0.3, 0.4) is 0 Å². The molecule has 1 atom stereocenters. The first kappa shape index (κ1) is 20.5. The molecular weight excluding hydrogens is 423 g/mol. The number of aromatic nitrogens is 1. The minimum Gasteiger partial charge on any atom is -0.507 e. The van der Waals surface area contributed by atoms with Crippen LogP contribution >= 0.6 is 0 Å². The largest absolute Gasteiger partial charge is 0.507 e. The second kappa shape index (κ2) is 7.94. The molecule has 1 aromatic heterocycles. The van der Waals surface area contributed by atoms with Gasteiger partial charge < -0.3 is 14.8 Å². The van der Waals surface area contributed by atoms with Crippen LogP contribution in [-0.2, 0) is 9.59 Å². The number of H-pyrrole nitrogens is 1. The van der Waals surface area contributed by atoms with Crippen molar-refractivity contribution in [1.29, 1.82) is 0 Å². The summed E-state index contributed by atoms with van der Waals surface area (Å²) in [4.78, 5) is 30.8. The second-order valence-corrected chi connectivity index (χ2v) is 7.67. The number of aliphatic hydroxyl groups is 1. The van der Waals surface area contributed by atoms with Crippen molar-refractivity contribution in [2.75, 3.05) is 12.0 Å². The Labute approximate surface area is 188 Å². The highest BCUT2D eigenvalue weighted by Gasteiger charge is 2.47. The number of methoxy groups -OCH3 is 1. The molecule has 4 aromatic rings. The van der Waals surface area contributed by atoms with E-state index in [0.717, 1.165) is 5.52 Å². The standard InChI is InChI=1S/C26H19FN2O4/c1-33-18-6-4-5-15(13-18)23-22(24(30)20-14-28-21-8-3-2-7-19(20)21)25(31)26(32)29(23)17-11-9-16(27)10-12-17/h2-14,23,28,30H,1H3/b24-22-. The van der Waals surface area contributed by atoms with Gasteiger partial charge in [0, 0.05) is 28.4 Å². The third-order valence-corrected chi connectivity index (χ3v) is 5.80. The lowest BCUT2D eigenvalue weighted by Crippen LogP contribution is -2.29. The molecule has 0 spiro atoms. The number of amides is 1. The van der Waals surface area contributed by atoms with Crippen molar-refractivity contribution in [3.05, 3.63) is 102 Å². The monoisotopic (exact) mass is 442 g/mol. The number of aromatic amines is 1. The first-order valence-corrected chi connectivity index (χ1v) is 10.3. The Kier molecular flexibility index (Phi) is 4.94. The Bertz CT molecular complexity index is 1420. The average molecular weight is 442 g/mol. The summed E-state index contributed by atoms with van der Waals surface area (Å²) >= 11 is 0. The molecule has 33 heavy (non-hydrogen) atoms. The third-order valence-electron chi connectivity index (χ3n) is 5.80. The lowest BCUT2D eigenvalue weighted by atomic mass is 9.95. The zero-order valence-corrected chi connectivity index (χ0v) is 17.6. The van der Waals surface area contributed by atoms with Crippen molar-refractivity contribution < 1.29 is 23.8 Å². The van der Waals surface area contributed by atoms with Crippen LogP contribution in [0.15, 0.2) is 84.6 Å². The first-order chi connectivity index (χ1) is 16.0. The normalized spacial score (nSPS) is 17.6. The number of Topliss-reactive ketones (excluding diaryl/α,β-unsaturated/α-hetero) is 1. The number of carbonyl (C=O) groups excluding carboxylic acids is 2. The number of ketones is 1. The molecule has 1 fully saturated rings. The number of hydrogen-bond acceptors (Lipinski definition) is 4. The molecule has 0 bridgehead atoms. The number of fused-ring (bicyclic) bond motifs is 1. The van der Waals surface area contributed by atoms with Crippen LogP contribution in [0.1, 0.15) is 17.2 Å². The number of aliphatic hydroxyl groups excluding tert-OH is 1. The molecule has 0 aliphatic carbocycles. The van der Waals surface area contributed by atoms with Crippen LogP contribution in [0.5, 0.6) is 5.75 Å². The molecule has 1 aliphatic heterocycles. The van der Waals surface area contributed by atoms with Crippen LogP contribution in [0.4, 0.5) is 10.1 Å². The van der Waals surface area contributed by atoms with E-state index in [1.165, 1.54) is 36.3 Å². The maximum Gasteiger partial charge on any atom is 0.300 e. The molecule has 1 aliphatic rings. The Morgan fingerprint density at radius 1 is 1.03 bits per heavy atom. The van der Waals surface area contributed by atoms with Gasteiger partial charge in [0.15, 0.2) is 0 Å². The van der Waals surface area contributed by atoms with Crippen LogP contribution in [0.2, 0.25) is 0 Å². The highest BCUT2D eigenvalue weighted by molar-refractivity contribution is 6.51. The van der Waals surface area contributed by atoms with E-state index < -0.39 is 23.5 Å². The number of anilines is 1. The minimum atomic E-state index is -0.931. The number of rotatable bonds is 4. The van der Waals surface area contributed by atoms with Gasteiger partial charge in [-0.15, -0.1) is 0 Å². The highest BCUT2D eigenvalue weighted by atomic mass is 19.1. The smallest absolute Gasteiger partial charge is 0.300 e. The van der Waals surface area contributed by atoms with Gasteiger partial charge in [0.25, 0.3) is 11.7 Å². The maximum absolute atomic E-state index is 13.6. The van der Waals surface area contributed by atoms with Gasteiger partial charge >= 0.3 is 0 Å². The van der Waals surface area contributed by atoms with E-state index >= 15 is 0 Å². The topological polar surface area (TPSA) is 82.6 Å². The summed E-state index contributed by atoms with van der Waals surface area (Å²) in [6, 6.07) is 18.6. The number of carbonyl (C=O) groups is 2. The van der Waals surface area contributed by atoms with Gasteiger partial charge in [0.1, 0.15) is 17.3 Å². The number of para-hydroxylation sites is 1. The van der Waals surface area contributed by atoms with E-state index in [4.69, 9.17) is 4.74 Å². The molecular formula is C26H19FN2O4. The van der Waals surface area contributed by atoms with Crippen LogP contribution in [-0.4, -0.2) is 28.9 Å². The van der Waals surface area contributed by atoms with E-state index in [-0.39, 0.29) is 11.3 Å². The minimum absolute atomic E-state index is 0.0534. The first-order valence-electron chi connectivity index (χ1n) is 10.3. The lowest BCUT2D eigenvalue weighted by Gasteiger charge is -2.25. The molecule has 2 heterocycles. The molecule has 6 nitrogen and oxygen atoms in total. The van der Waals surface area contributed by atoms with Gasteiger partial charge in [-0.25, -0.2) is 4.39 Å². The van der Waals surface area contributed by atoms with Crippen molar-refractivity contribution >= 4 is 34.0 Å². The van der Waals surface area contributed by atoms with E-state index in [1.54, 1.807) is 30.5 Å². The molecule has 0 saturated carbocycles. The fourth-order valence-electron chi connectivity index (χ4n) is 4.24. The molecule has 1 amide bonds. The van der Waals surface area contributed by atoms with Crippen molar-refractivity contribution in [3.8, 4) is 5.75 Å². The predicted molar refractivity (Wildman–Crippen MR) is 122 cm³/mol. The number of nitrogens with one attached hydrogen (secondary N) is 1. The Balaban J connectivity index is 1.76. The fraction of sp³-hybridized carbons (Fsp3) is 0.0769. The number of ether oxygens (including phenoxy) is 1. The average Bonchev–Trinajstić information content (AvgIpc) is 3.39. The van der Waals surface area contributed by atoms with Gasteiger partial charge in [-0.1, -0.05) is 30.3 Å². The molecule has 7 heteroatoms. The van der Waals surface area contributed by atoms with Crippen molar-refractivity contribution in [3.63, 3.8) is 0 Å². The maximum atomic E-state index is 13.6. The van der Waals surface area contributed by atoms with E-state index in [0.29, 0.717) is 28.0 Å². The van der Waals surface area contributed by atoms with Gasteiger partial charge in [-0.3, -0.25) is 14.5 Å². The zero-order chi connectivity index (χ0) is 23.1. The Morgan fingerprint density at radius 2 is 1.79 bits per heavy atom. The van der Waals surface area contributed by atoms with Gasteiger partial charge in [0.2, 0.25) is 0 Å². The van der Waals surface area contributed by atoms with Crippen LogP contribution in [0, 0.1) is 5.82 Å². The van der Waals surface area contributed by atoms with Crippen LogP contribution < -0.4 is 9.64 Å². The van der Waals surface area contributed by atoms with Crippen molar-refractivity contribution in [2.45, 2.75) is 6.04 Å². The summed E-state index contributed by atoms with van der Waals surface area (Å²) in [7, 11) is 1.52. The molecule has 5 rings (SSSR count). The van der Waals surface area contributed by atoms with Gasteiger partial charge in [-0.05, 0) is 48.0 Å². The summed E-state index contributed by atoms with van der Waals surface area (Å²) in [5, 5.41) is 12.0. The van der Waals surface area contributed by atoms with Gasteiger partial charge in [-0.2, -0.15) is 0 Å². The number of nitrogens with zero attached hydrogens (tertiary/aromatic N) is 1. The van der Waals surface area contributed by atoms with Crippen molar-refractivity contribution in [1.82, 2.24) is 4.98 Å². The molecule has 1 saturated heterocycles. The number of benzene rings is 3. The Morgan fingerprint density at radius 3 is 2.55 bits per heavy atom. The predicted octanol–water partition coefficient (Wildman–Crippen LogP) is 4.94. The zero-order valence-electron chi connectivity index (χ0n) is 17.6. The van der Waals surface area contributed by atoms with Gasteiger partial charge in [0.05, 0.1) is 18.7 Å². The Hall–Kier alpha value is -4.39. The van der Waals surface area contributed by atoms with Crippen molar-refractivity contribution in [2.24, 2.45) is 0 Å². The SMILES string of the molecule is COc1cccc(C2/C(=C(/O)c3c[nH]c4ccccc34)C(=O)C(=O)N2c2ccc(F)cc2)c1. The molecule has 164 valence electrons. The number of hydrogen-bond donors (Lipinski definition) is 2. The molecule has 0 radical (unpaired) electrons.